The highest BCUT2D eigenvalue weighted by Crippen LogP contribution is 2.34. The van der Waals surface area contributed by atoms with E-state index in [2.05, 4.69) is 21.2 Å². The van der Waals surface area contributed by atoms with Crippen LogP contribution < -0.4 is 10.4 Å². The van der Waals surface area contributed by atoms with E-state index in [0.717, 1.165) is 10.0 Å². The number of rotatable bonds is 6. The van der Waals surface area contributed by atoms with E-state index in [4.69, 9.17) is 4.74 Å². The molecule has 0 saturated carbocycles. The first-order valence-electron chi connectivity index (χ1n) is 7.68. The number of aliphatic carboxylic acids is 1. The number of carbonyl (C=O) groups is 3. The van der Waals surface area contributed by atoms with Crippen molar-refractivity contribution in [2.45, 2.75) is 25.8 Å². The zero-order valence-electron chi connectivity index (χ0n) is 13.9. The lowest BCUT2D eigenvalue weighted by Crippen LogP contribution is -2.48. The van der Waals surface area contributed by atoms with Crippen LogP contribution in [0.2, 0.25) is 0 Å². The van der Waals surface area contributed by atoms with Crippen molar-refractivity contribution < 1.29 is 24.2 Å². The van der Waals surface area contributed by atoms with E-state index in [1.165, 1.54) is 12.0 Å². The zero-order chi connectivity index (χ0) is 18.6. The van der Waals surface area contributed by atoms with Crippen LogP contribution >= 0.6 is 15.9 Å². The first-order chi connectivity index (χ1) is 11.9. The topological polar surface area (TPSA) is 98.8 Å². The quantitative estimate of drug-likeness (QED) is 0.717. The van der Waals surface area contributed by atoms with Crippen molar-refractivity contribution in [1.82, 2.24) is 10.2 Å². The molecular weight excluding hydrogens is 392 g/mol. The van der Waals surface area contributed by atoms with E-state index in [0.29, 0.717) is 11.3 Å². The number of hydrogen-bond donors (Lipinski definition) is 1. The van der Waals surface area contributed by atoms with Crippen LogP contribution in [0.4, 0.5) is 4.79 Å². The van der Waals surface area contributed by atoms with Crippen LogP contribution in [0, 0.1) is 0 Å². The number of carboxylic acid groups (broad SMARTS) is 1. The minimum Gasteiger partial charge on any atom is -0.550 e. The van der Waals surface area contributed by atoms with Gasteiger partial charge in [0.05, 0.1) is 18.7 Å². The summed E-state index contributed by atoms with van der Waals surface area (Å²) in [4.78, 5) is 36.7. The Bertz CT molecular complexity index is 732. The van der Waals surface area contributed by atoms with Crippen LogP contribution in [0.25, 0.3) is 0 Å². The third-order valence-corrected chi connectivity index (χ3v) is 4.70. The molecule has 0 unspecified atom stereocenters. The van der Waals surface area contributed by atoms with Gasteiger partial charge in [-0.3, -0.25) is 4.90 Å². The Morgan fingerprint density at radius 2 is 2.04 bits per heavy atom. The average Bonchev–Trinajstić information content (AvgIpc) is 2.57. The summed E-state index contributed by atoms with van der Waals surface area (Å²) in [5.41, 5.74) is 1.47. The number of nitrogens with one attached hydrogen (secondary N) is 1. The summed E-state index contributed by atoms with van der Waals surface area (Å²) in [5, 5.41) is 13.4. The van der Waals surface area contributed by atoms with Crippen molar-refractivity contribution in [2.24, 2.45) is 0 Å². The molecule has 0 bridgehead atoms. The number of methoxy groups -OCH3 is 1. The average molecular weight is 410 g/mol. The van der Waals surface area contributed by atoms with Gasteiger partial charge < -0.3 is 20.0 Å². The third-order valence-electron chi connectivity index (χ3n) is 3.98. The minimum atomic E-state index is -1.18. The summed E-state index contributed by atoms with van der Waals surface area (Å²) in [6, 6.07) is 6.20. The largest absolute Gasteiger partial charge is 0.550 e. The fraction of sp³-hybridized carbons (Fsp3) is 0.353. The van der Waals surface area contributed by atoms with Gasteiger partial charge in [0.2, 0.25) is 0 Å². The van der Waals surface area contributed by atoms with Crippen molar-refractivity contribution in [3.63, 3.8) is 0 Å². The van der Waals surface area contributed by atoms with E-state index in [1.54, 1.807) is 13.0 Å². The Hall–Kier alpha value is -2.35. The van der Waals surface area contributed by atoms with E-state index in [9.17, 15) is 19.5 Å². The van der Waals surface area contributed by atoms with Crippen LogP contribution in [0.3, 0.4) is 0 Å². The molecule has 1 aliphatic heterocycles. The van der Waals surface area contributed by atoms with Gasteiger partial charge in [-0.1, -0.05) is 34.1 Å². The highest BCUT2D eigenvalue weighted by atomic mass is 79.9. The molecule has 0 aliphatic carbocycles. The molecule has 1 N–H and O–H groups in total. The molecule has 134 valence electrons. The number of carboxylic acids is 1. The van der Waals surface area contributed by atoms with Crippen LogP contribution in [-0.2, 0) is 14.3 Å². The normalized spacial score (nSPS) is 17.3. The third kappa shape index (κ3) is 4.19. The predicted molar refractivity (Wildman–Crippen MR) is 91.1 cm³/mol. The smallest absolute Gasteiger partial charge is 0.337 e. The van der Waals surface area contributed by atoms with Gasteiger partial charge in [0.1, 0.15) is 0 Å². The summed E-state index contributed by atoms with van der Waals surface area (Å²) in [5.74, 6) is -1.73. The number of nitrogens with zero attached hydrogens (tertiary/aromatic N) is 1. The van der Waals surface area contributed by atoms with Crippen LogP contribution in [0.5, 0.6) is 0 Å². The van der Waals surface area contributed by atoms with Gasteiger partial charge in [-0.05, 0) is 31.4 Å². The molecule has 0 aromatic heterocycles. The monoisotopic (exact) mass is 409 g/mol. The zero-order valence-corrected chi connectivity index (χ0v) is 15.5. The summed E-state index contributed by atoms with van der Waals surface area (Å²) in [6.07, 6.45) is 0.0551. The SMILES string of the molecule is COC(=O)C1=C(C)N(CCCC(=O)[O-])C(=O)N[C@H]1c1ccccc1Br. The van der Waals surface area contributed by atoms with E-state index in [-0.39, 0.29) is 19.4 Å². The second kappa shape index (κ2) is 8.15. The summed E-state index contributed by atoms with van der Waals surface area (Å²) in [6.45, 7) is 1.81. The molecule has 1 heterocycles. The number of ether oxygens (including phenoxy) is 1. The predicted octanol–water partition coefficient (Wildman–Crippen LogP) is 1.49. The molecule has 0 saturated heterocycles. The molecule has 7 nitrogen and oxygen atoms in total. The van der Waals surface area contributed by atoms with Crippen LogP contribution in [0.15, 0.2) is 40.0 Å². The van der Waals surface area contributed by atoms with E-state index in [1.807, 2.05) is 18.2 Å². The maximum absolute atomic E-state index is 12.5. The number of carbonyl (C=O) groups excluding carboxylic acids is 3. The summed E-state index contributed by atoms with van der Waals surface area (Å²) >= 11 is 3.43. The lowest BCUT2D eigenvalue weighted by molar-refractivity contribution is -0.305. The van der Waals surface area contributed by atoms with E-state index >= 15 is 0 Å². The van der Waals surface area contributed by atoms with Crippen molar-refractivity contribution in [2.75, 3.05) is 13.7 Å². The molecule has 2 amide bonds. The second-order valence-electron chi connectivity index (χ2n) is 5.52. The standard InChI is InChI=1S/C17H19BrN2O5/c1-10-14(16(23)25-2)15(11-6-3-4-7-12(11)18)19-17(24)20(10)9-5-8-13(21)22/h3-4,6-7,15H,5,8-9H2,1-2H3,(H,19,24)(H,21,22)/p-1/t15-/m0/s1. The van der Waals surface area contributed by atoms with Gasteiger partial charge in [-0.15, -0.1) is 0 Å². The van der Waals surface area contributed by atoms with Gasteiger partial charge in [0.25, 0.3) is 0 Å². The van der Waals surface area contributed by atoms with Gasteiger partial charge in [0.15, 0.2) is 0 Å². The minimum absolute atomic E-state index is 0.162. The Morgan fingerprint density at radius 3 is 2.64 bits per heavy atom. The first kappa shape index (κ1) is 19.0. The van der Waals surface area contributed by atoms with Crippen LogP contribution in [0.1, 0.15) is 31.4 Å². The molecule has 8 heteroatoms. The number of hydrogen-bond acceptors (Lipinski definition) is 5. The van der Waals surface area contributed by atoms with Gasteiger partial charge in [0, 0.05) is 22.7 Å². The molecule has 25 heavy (non-hydrogen) atoms. The Labute approximate surface area is 153 Å². The molecule has 1 aromatic rings. The van der Waals surface area contributed by atoms with Crippen molar-refractivity contribution >= 4 is 33.9 Å². The molecule has 0 radical (unpaired) electrons. The number of allylic oxidation sites excluding steroid dienone is 1. The summed E-state index contributed by atoms with van der Waals surface area (Å²) in [7, 11) is 1.27. The summed E-state index contributed by atoms with van der Waals surface area (Å²) < 4.78 is 5.63. The fourth-order valence-electron chi connectivity index (χ4n) is 2.75. The fourth-order valence-corrected chi connectivity index (χ4v) is 3.26. The highest BCUT2D eigenvalue weighted by molar-refractivity contribution is 9.10. The van der Waals surface area contributed by atoms with Gasteiger partial charge >= 0.3 is 12.0 Å². The molecule has 1 aromatic carbocycles. The molecule has 0 fully saturated rings. The number of esters is 1. The molecular formula is C17H18BrN2O5-. The molecule has 1 atom stereocenters. The van der Waals surface area contributed by atoms with Crippen LogP contribution in [-0.4, -0.2) is 36.5 Å². The van der Waals surface area contributed by atoms with Crippen molar-refractivity contribution in [3.8, 4) is 0 Å². The molecule has 0 spiro atoms. The Morgan fingerprint density at radius 1 is 1.36 bits per heavy atom. The highest BCUT2D eigenvalue weighted by Gasteiger charge is 2.36. The van der Waals surface area contributed by atoms with Gasteiger partial charge in [-0.2, -0.15) is 0 Å². The number of amides is 2. The maximum Gasteiger partial charge on any atom is 0.337 e. The first-order valence-corrected chi connectivity index (χ1v) is 8.47. The van der Waals surface area contributed by atoms with Crippen molar-refractivity contribution in [1.29, 1.82) is 0 Å². The lowest BCUT2D eigenvalue weighted by Gasteiger charge is -2.35. The Balaban J connectivity index is 2.41. The number of urea groups is 1. The number of halogens is 1. The second-order valence-corrected chi connectivity index (χ2v) is 6.38. The lowest BCUT2D eigenvalue weighted by atomic mass is 9.95. The number of benzene rings is 1. The van der Waals surface area contributed by atoms with Gasteiger partial charge in [-0.25, -0.2) is 9.59 Å². The Kier molecular flexibility index (Phi) is 6.19. The maximum atomic E-state index is 12.5. The molecule has 1 aliphatic rings. The van der Waals surface area contributed by atoms with E-state index < -0.39 is 24.0 Å². The van der Waals surface area contributed by atoms with Crippen molar-refractivity contribution in [3.05, 3.63) is 45.6 Å². The molecule has 2 rings (SSSR count).